The van der Waals surface area contributed by atoms with Crippen molar-refractivity contribution in [1.29, 1.82) is 0 Å². The third-order valence-corrected chi connectivity index (χ3v) is 3.12. The maximum absolute atomic E-state index is 10.5. The van der Waals surface area contributed by atoms with Crippen LogP contribution in [0.3, 0.4) is 0 Å². The Morgan fingerprint density at radius 1 is 1.25 bits per heavy atom. The largest absolute Gasteiger partial charge is 0.481 e. The standard InChI is InChI=1S/C12H22O4/c1-3-10(5-6-12(14)15)11(4-2)7-8-16-9-13/h9-11H,3-8H2,1-2H3,(H,14,15). The molecule has 0 aliphatic carbocycles. The normalized spacial score (nSPS) is 14.1. The molecule has 0 saturated heterocycles. The third kappa shape index (κ3) is 6.43. The molecule has 4 nitrogen and oxygen atoms in total. The highest BCUT2D eigenvalue weighted by Gasteiger charge is 2.19. The van der Waals surface area contributed by atoms with Gasteiger partial charge in [0.15, 0.2) is 0 Å². The average molecular weight is 230 g/mol. The Labute approximate surface area is 97.0 Å². The second-order valence-electron chi connectivity index (χ2n) is 4.02. The first-order valence-electron chi connectivity index (χ1n) is 5.92. The summed E-state index contributed by atoms with van der Waals surface area (Å²) in [5, 5.41) is 8.66. The molecule has 94 valence electrons. The molecule has 0 amide bonds. The summed E-state index contributed by atoms with van der Waals surface area (Å²) in [7, 11) is 0. The molecule has 2 unspecified atom stereocenters. The van der Waals surface area contributed by atoms with E-state index in [1.165, 1.54) is 0 Å². The van der Waals surface area contributed by atoms with Gasteiger partial charge in [0.25, 0.3) is 6.47 Å². The van der Waals surface area contributed by atoms with E-state index in [0.717, 1.165) is 19.3 Å². The quantitative estimate of drug-likeness (QED) is 0.462. The molecule has 0 fully saturated rings. The fraction of sp³-hybridized carbons (Fsp3) is 0.833. The van der Waals surface area contributed by atoms with Gasteiger partial charge in [-0.2, -0.15) is 0 Å². The SMILES string of the molecule is CCC(CCOC=O)C(CC)CCC(=O)O. The van der Waals surface area contributed by atoms with Gasteiger partial charge in [0.05, 0.1) is 6.61 Å². The van der Waals surface area contributed by atoms with Crippen LogP contribution in [0.15, 0.2) is 0 Å². The summed E-state index contributed by atoms with van der Waals surface area (Å²) in [4.78, 5) is 20.5. The third-order valence-electron chi connectivity index (χ3n) is 3.12. The minimum atomic E-state index is -0.738. The number of rotatable bonds is 10. The molecule has 2 atom stereocenters. The molecule has 0 aromatic rings. The molecular weight excluding hydrogens is 208 g/mol. The zero-order valence-corrected chi connectivity index (χ0v) is 10.1. The lowest BCUT2D eigenvalue weighted by atomic mass is 9.82. The molecule has 0 saturated carbocycles. The van der Waals surface area contributed by atoms with Gasteiger partial charge in [-0.1, -0.05) is 26.7 Å². The number of carboxylic acids is 1. The average Bonchev–Trinajstić information content (AvgIpc) is 2.27. The van der Waals surface area contributed by atoms with Crippen LogP contribution in [0.1, 0.15) is 46.0 Å². The van der Waals surface area contributed by atoms with Gasteiger partial charge in [-0.3, -0.25) is 9.59 Å². The highest BCUT2D eigenvalue weighted by molar-refractivity contribution is 5.66. The summed E-state index contributed by atoms with van der Waals surface area (Å²) in [5.41, 5.74) is 0. The summed E-state index contributed by atoms with van der Waals surface area (Å²) < 4.78 is 4.69. The smallest absolute Gasteiger partial charge is 0.303 e. The van der Waals surface area contributed by atoms with Crippen molar-refractivity contribution in [3.05, 3.63) is 0 Å². The zero-order valence-electron chi connectivity index (χ0n) is 10.1. The number of hydrogen-bond acceptors (Lipinski definition) is 3. The van der Waals surface area contributed by atoms with Gasteiger partial charge in [0, 0.05) is 6.42 Å². The van der Waals surface area contributed by atoms with Gasteiger partial charge < -0.3 is 9.84 Å². The van der Waals surface area contributed by atoms with Crippen LogP contribution in [0.5, 0.6) is 0 Å². The summed E-state index contributed by atoms with van der Waals surface area (Å²) in [6, 6.07) is 0. The van der Waals surface area contributed by atoms with Crippen LogP contribution in [0.2, 0.25) is 0 Å². The Bertz CT molecular complexity index is 203. The number of carbonyl (C=O) groups is 2. The molecule has 0 radical (unpaired) electrons. The van der Waals surface area contributed by atoms with Crippen LogP contribution in [0.25, 0.3) is 0 Å². The zero-order chi connectivity index (χ0) is 12.4. The molecule has 0 aliphatic rings. The number of ether oxygens (including phenoxy) is 1. The Morgan fingerprint density at radius 3 is 2.25 bits per heavy atom. The van der Waals surface area contributed by atoms with Crippen LogP contribution in [-0.2, 0) is 14.3 Å². The maximum atomic E-state index is 10.5. The molecular formula is C12H22O4. The minimum Gasteiger partial charge on any atom is -0.481 e. The first-order valence-corrected chi connectivity index (χ1v) is 5.92. The highest BCUT2D eigenvalue weighted by Crippen LogP contribution is 2.27. The van der Waals surface area contributed by atoms with E-state index >= 15 is 0 Å². The Kier molecular flexibility index (Phi) is 8.58. The topological polar surface area (TPSA) is 63.6 Å². The highest BCUT2D eigenvalue weighted by atomic mass is 16.5. The van der Waals surface area contributed by atoms with E-state index in [4.69, 9.17) is 5.11 Å². The molecule has 1 N–H and O–H groups in total. The molecule has 0 rings (SSSR count). The molecule has 0 aromatic heterocycles. The Balaban J connectivity index is 4.04. The van der Waals surface area contributed by atoms with Crippen molar-refractivity contribution in [1.82, 2.24) is 0 Å². The van der Waals surface area contributed by atoms with Crippen molar-refractivity contribution in [2.75, 3.05) is 6.61 Å². The predicted octanol–water partition coefficient (Wildman–Crippen LogP) is 2.47. The Hall–Kier alpha value is -1.06. The summed E-state index contributed by atoms with van der Waals surface area (Å²) in [6.07, 6.45) is 3.75. The lowest BCUT2D eigenvalue weighted by Gasteiger charge is -2.24. The van der Waals surface area contributed by atoms with Crippen LogP contribution in [-0.4, -0.2) is 24.2 Å². The van der Waals surface area contributed by atoms with E-state index in [9.17, 15) is 9.59 Å². The van der Waals surface area contributed by atoms with Gasteiger partial charge in [-0.25, -0.2) is 0 Å². The molecule has 4 heteroatoms. The summed E-state index contributed by atoms with van der Waals surface area (Å²) >= 11 is 0. The van der Waals surface area contributed by atoms with Crippen LogP contribution in [0, 0.1) is 11.8 Å². The van der Waals surface area contributed by atoms with E-state index in [-0.39, 0.29) is 6.42 Å². The van der Waals surface area contributed by atoms with E-state index in [1.807, 2.05) is 0 Å². The molecule has 0 aliphatic heterocycles. The van der Waals surface area contributed by atoms with Gasteiger partial charge >= 0.3 is 5.97 Å². The monoisotopic (exact) mass is 230 g/mol. The first-order chi connectivity index (χ1) is 7.65. The number of carboxylic acid groups (broad SMARTS) is 1. The summed E-state index contributed by atoms with van der Waals surface area (Å²) in [5.74, 6) is 0.123. The molecule has 0 aromatic carbocycles. The van der Waals surface area contributed by atoms with Gasteiger partial charge in [-0.05, 0) is 24.7 Å². The van der Waals surface area contributed by atoms with E-state index in [1.54, 1.807) is 0 Å². The molecule has 16 heavy (non-hydrogen) atoms. The molecule has 0 spiro atoms. The first kappa shape index (κ1) is 14.9. The van der Waals surface area contributed by atoms with Crippen molar-refractivity contribution in [3.8, 4) is 0 Å². The predicted molar refractivity (Wildman–Crippen MR) is 61.1 cm³/mol. The lowest BCUT2D eigenvalue weighted by Crippen LogP contribution is -2.17. The van der Waals surface area contributed by atoms with Gasteiger partial charge in [-0.15, -0.1) is 0 Å². The van der Waals surface area contributed by atoms with E-state index in [2.05, 4.69) is 18.6 Å². The number of aliphatic carboxylic acids is 1. The molecule has 0 heterocycles. The van der Waals surface area contributed by atoms with Crippen molar-refractivity contribution >= 4 is 12.4 Å². The fourth-order valence-electron chi connectivity index (χ4n) is 2.12. The minimum absolute atomic E-state index is 0.226. The Morgan fingerprint density at radius 2 is 1.81 bits per heavy atom. The van der Waals surface area contributed by atoms with E-state index in [0.29, 0.717) is 31.3 Å². The number of carbonyl (C=O) groups excluding carboxylic acids is 1. The fourth-order valence-corrected chi connectivity index (χ4v) is 2.12. The van der Waals surface area contributed by atoms with Gasteiger partial charge in [0.2, 0.25) is 0 Å². The second-order valence-corrected chi connectivity index (χ2v) is 4.02. The van der Waals surface area contributed by atoms with Crippen LogP contribution < -0.4 is 0 Å². The van der Waals surface area contributed by atoms with Crippen molar-refractivity contribution in [3.63, 3.8) is 0 Å². The maximum Gasteiger partial charge on any atom is 0.303 e. The number of hydrogen-bond donors (Lipinski definition) is 1. The van der Waals surface area contributed by atoms with Gasteiger partial charge in [0.1, 0.15) is 0 Å². The van der Waals surface area contributed by atoms with E-state index < -0.39 is 5.97 Å². The summed E-state index contributed by atoms with van der Waals surface area (Å²) in [6.45, 7) is 5.07. The molecule has 0 bridgehead atoms. The van der Waals surface area contributed by atoms with Crippen molar-refractivity contribution in [2.45, 2.75) is 46.0 Å². The lowest BCUT2D eigenvalue weighted by molar-refractivity contribution is -0.137. The van der Waals surface area contributed by atoms with Crippen molar-refractivity contribution in [2.24, 2.45) is 11.8 Å². The second kappa shape index (κ2) is 9.19. The van der Waals surface area contributed by atoms with Crippen molar-refractivity contribution < 1.29 is 19.4 Å². The van der Waals surface area contributed by atoms with Crippen LogP contribution in [0.4, 0.5) is 0 Å². The van der Waals surface area contributed by atoms with Crippen LogP contribution >= 0.6 is 0 Å².